The fourth-order valence-corrected chi connectivity index (χ4v) is 1.54. The van der Waals surface area contributed by atoms with Crippen LogP contribution in [0.1, 0.15) is 29.3 Å². The van der Waals surface area contributed by atoms with Gasteiger partial charge in [-0.3, -0.25) is 4.79 Å². The number of carbonyl (C=O) groups is 1. The summed E-state index contributed by atoms with van der Waals surface area (Å²) in [7, 11) is 1.68. The van der Waals surface area contributed by atoms with Crippen molar-refractivity contribution in [3.05, 3.63) is 35.4 Å². The van der Waals surface area contributed by atoms with Crippen LogP contribution in [-0.4, -0.2) is 35.6 Å². The number of aliphatic hydroxyl groups is 1. The Balaban J connectivity index is 2.91. The Morgan fingerprint density at radius 2 is 2.26 bits per heavy atom. The summed E-state index contributed by atoms with van der Waals surface area (Å²) < 4.78 is 0. The lowest BCUT2D eigenvalue weighted by Crippen LogP contribution is -2.34. The van der Waals surface area contributed by atoms with Crippen molar-refractivity contribution < 1.29 is 9.90 Å². The SMILES string of the molecule is CC(CC#N)N(C)C(=O)c1cccc(C#CCO)c1. The molecule has 1 atom stereocenters. The Morgan fingerprint density at radius 1 is 1.53 bits per heavy atom. The summed E-state index contributed by atoms with van der Waals surface area (Å²) in [6, 6.07) is 8.83. The van der Waals surface area contributed by atoms with E-state index in [4.69, 9.17) is 10.4 Å². The zero-order chi connectivity index (χ0) is 14.3. The van der Waals surface area contributed by atoms with E-state index in [1.165, 1.54) is 0 Å². The first-order chi connectivity index (χ1) is 9.10. The predicted octanol–water partition coefficient (Wildman–Crippen LogP) is 1.40. The number of hydrogen-bond donors (Lipinski definition) is 1. The normalized spacial score (nSPS) is 10.8. The number of nitrogens with zero attached hydrogens (tertiary/aromatic N) is 2. The lowest BCUT2D eigenvalue weighted by atomic mass is 10.1. The number of benzene rings is 1. The maximum absolute atomic E-state index is 12.2. The van der Waals surface area contributed by atoms with Gasteiger partial charge in [-0.05, 0) is 25.1 Å². The highest BCUT2D eigenvalue weighted by molar-refractivity contribution is 5.94. The van der Waals surface area contributed by atoms with E-state index in [1.807, 2.05) is 13.0 Å². The molecule has 0 bridgehead atoms. The maximum Gasteiger partial charge on any atom is 0.253 e. The van der Waals surface area contributed by atoms with Crippen molar-refractivity contribution in [3.8, 4) is 17.9 Å². The van der Waals surface area contributed by atoms with Crippen molar-refractivity contribution in [3.63, 3.8) is 0 Å². The minimum Gasteiger partial charge on any atom is -0.384 e. The summed E-state index contributed by atoms with van der Waals surface area (Å²) in [6.45, 7) is 1.62. The quantitative estimate of drug-likeness (QED) is 0.831. The molecule has 0 aliphatic rings. The van der Waals surface area contributed by atoms with Crippen LogP contribution in [0, 0.1) is 23.2 Å². The Hall–Kier alpha value is -2.30. The van der Waals surface area contributed by atoms with Crippen LogP contribution in [0.3, 0.4) is 0 Å². The summed E-state index contributed by atoms with van der Waals surface area (Å²) in [5.41, 5.74) is 1.21. The second-order valence-corrected chi connectivity index (χ2v) is 4.17. The molecule has 0 saturated heterocycles. The number of nitriles is 1. The molecule has 1 unspecified atom stereocenters. The largest absolute Gasteiger partial charge is 0.384 e. The lowest BCUT2D eigenvalue weighted by molar-refractivity contribution is 0.0746. The van der Waals surface area contributed by atoms with Crippen LogP contribution in [0.5, 0.6) is 0 Å². The van der Waals surface area contributed by atoms with Crippen LogP contribution >= 0.6 is 0 Å². The molecule has 1 amide bonds. The molecule has 19 heavy (non-hydrogen) atoms. The molecule has 4 heteroatoms. The van der Waals surface area contributed by atoms with Crippen molar-refractivity contribution in [1.82, 2.24) is 4.90 Å². The van der Waals surface area contributed by atoms with Crippen molar-refractivity contribution in [2.24, 2.45) is 0 Å². The molecule has 1 N–H and O–H groups in total. The van der Waals surface area contributed by atoms with Crippen LogP contribution in [0.25, 0.3) is 0 Å². The van der Waals surface area contributed by atoms with E-state index in [2.05, 4.69) is 11.8 Å². The van der Waals surface area contributed by atoms with Crippen LogP contribution in [0.15, 0.2) is 24.3 Å². The van der Waals surface area contributed by atoms with Crippen LogP contribution < -0.4 is 0 Å². The van der Waals surface area contributed by atoms with E-state index >= 15 is 0 Å². The van der Waals surface area contributed by atoms with Gasteiger partial charge in [-0.25, -0.2) is 0 Å². The van der Waals surface area contributed by atoms with Crippen LogP contribution in [-0.2, 0) is 0 Å². The van der Waals surface area contributed by atoms with E-state index in [0.717, 1.165) is 0 Å². The average Bonchev–Trinajstić information content (AvgIpc) is 2.44. The molecule has 4 nitrogen and oxygen atoms in total. The fraction of sp³-hybridized carbons (Fsp3) is 0.333. The van der Waals surface area contributed by atoms with E-state index < -0.39 is 0 Å². The highest BCUT2D eigenvalue weighted by atomic mass is 16.2. The third kappa shape index (κ3) is 4.13. The molecular weight excluding hydrogens is 240 g/mol. The monoisotopic (exact) mass is 256 g/mol. The molecular formula is C15H16N2O2. The van der Waals surface area contributed by atoms with Crippen LogP contribution in [0.2, 0.25) is 0 Å². The lowest BCUT2D eigenvalue weighted by Gasteiger charge is -2.23. The molecule has 1 aromatic rings. The van der Waals surface area contributed by atoms with Crippen molar-refractivity contribution in [2.75, 3.05) is 13.7 Å². The summed E-state index contributed by atoms with van der Waals surface area (Å²) in [6.07, 6.45) is 0.298. The van der Waals surface area contributed by atoms with Gasteiger partial charge < -0.3 is 10.0 Å². The van der Waals surface area contributed by atoms with Gasteiger partial charge in [0.25, 0.3) is 5.91 Å². The molecule has 0 radical (unpaired) electrons. The van der Waals surface area contributed by atoms with Crippen molar-refractivity contribution >= 4 is 5.91 Å². The first-order valence-corrected chi connectivity index (χ1v) is 5.94. The Labute approximate surface area is 113 Å². The molecule has 0 saturated carbocycles. The van der Waals surface area contributed by atoms with Gasteiger partial charge in [-0.1, -0.05) is 17.9 Å². The molecule has 0 fully saturated rings. The van der Waals surface area contributed by atoms with Crippen molar-refractivity contribution in [1.29, 1.82) is 5.26 Å². The summed E-state index contributed by atoms with van der Waals surface area (Å²) in [5.74, 6) is 5.16. The van der Waals surface area contributed by atoms with Gasteiger partial charge in [0, 0.05) is 24.2 Å². The second-order valence-electron chi connectivity index (χ2n) is 4.17. The Bertz CT molecular complexity index is 549. The molecule has 0 spiro atoms. The minimum absolute atomic E-state index is 0.135. The van der Waals surface area contributed by atoms with Crippen LogP contribution in [0.4, 0.5) is 0 Å². The molecule has 0 aromatic heterocycles. The standard InChI is InChI=1S/C15H16N2O2/c1-12(8-9-16)17(2)15(19)14-7-3-5-13(11-14)6-4-10-18/h3,5,7,11-12,18H,8,10H2,1-2H3. The fourth-order valence-electron chi connectivity index (χ4n) is 1.54. The smallest absolute Gasteiger partial charge is 0.253 e. The van der Waals surface area contributed by atoms with Gasteiger partial charge >= 0.3 is 0 Å². The maximum atomic E-state index is 12.2. The van der Waals surface area contributed by atoms with Gasteiger partial charge in [0.15, 0.2) is 0 Å². The van der Waals surface area contributed by atoms with E-state index in [1.54, 1.807) is 36.2 Å². The van der Waals surface area contributed by atoms with Gasteiger partial charge in [0.1, 0.15) is 6.61 Å². The van der Waals surface area contributed by atoms with Gasteiger partial charge in [0.05, 0.1) is 12.5 Å². The number of amides is 1. The first-order valence-electron chi connectivity index (χ1n) is 5.94. The van der Waals surface area contributed by atoms with Gasteiger partial charge in [-0.2, -0.15) is 5.26 Å². The van der Waals surface area contributed by atoms with Gasteiger partial charge in [0.2, 0.25) is 0 Å². The Morgan fingerprint density at radius 3 is 2.89 bits per heavy atom. The Kier molecular flexibility index (Phi) is 5.60. The summed E-state index contributed by atoms with van der Waals surface area (Å²) in [5, 5.41) is 17.3. The third-order valence-corrected chi connectivity index (χ3v) is 2.79. The van der Waals surface area contributed by atoms with E-state index in [-0.39, 0.29) is 18.6 Å². The number of hydrogen-bond acceptors (Lipinski definition) is 3. The first kappa shape index (κ1) is 14.8. The molecule has 0 aliphatic heterocycles. The van der Waals surface area contributed by atoms with E-state index in [9.17, 15) is 4.79 Å². The van der Waals surface area contributed by atoms with E-state index in [0.29, 0.717) is 17.5 Å². The third-order valence-electron chi connectivity index (χ3n) is 2.79. The highest BCUT2D eigenvalue weighted by Crippen LogP contribution is 2.10. The molecule has 0 heterocycles. The predicted molar refractivity (Wildman–Crippen MR) is 72.2 cm³/mol. The minimum atomic E-state index is -0.211. The number of carbonyl (C=O) groups excluding carboxylic acids is 1. The number of aliphatic hydroxyl groups excluding tert-OH is 1. The summed E-state index contributed by atoms with van der Waals surface area (Å²) >= 11 is 0. The molecule has 1 rings (SSSR count). The molecule has 1 aromatic carbocycles. The zero-order valence-corrected chi connectivity index (χ0v) is 11.1. The average molecular weight is 256 g/mol. The summed E-state index contributed by atoms with van der Waals surface area (Å²) in [4.78, 5) is 13.7. The number of rotatable bonds is 3. The van der Waals surface area contributed by atoms with Crippen molar-refractivity contribution in [2.45, 2.75) is 19.4 Å². The molecule has 98 valence electrons. The zero-order valence-electron chi connectivity index (χ0n) is 11.1. The second kappa shape index (κ2) is 7.20. The molecule has 0 aliphatic carbocycles. The highest BCUT2D eigenvalue weighted by Gasteiger charge is 2.17. The topological polar surface area (TPSA) is 64.3 Å². The van der Waals surface area contributed by atoms with Gasteiger partial charge in [-0.15, -0.1) is 0 Å².